The smallest absolute Gasteiger partial charge is 0.187 e. The van der Waals surface area contributed by atoms with E-state index in [4.69, 9.17) is 76.8 Å². The Hall–Kier alpha value is -1.44. The molecule has 15 aliphatic heterocycles. The SMILES string of the molecule is NCCCO[C@H]1[C@H]2O[C@H]3[C@@H](O)[C@H](O)[C@@H](O[C@H]4[C@@H](O)[C@H](O)[C@@H](O[C@H]5[C@@H](O)[C@@H](O)[C@@H](O[C@H]6[C@H](O)[C@@H](O)[C@@H](O[C@H]7[C@H](O)[C@@H](O)[C@@H](O[C@H]8[C@H](O)[C@@H](O)[C@@H](O[C@@H]([C@@H]1O)[C@@H](CO)O2)O[C@@H]8CO)O[C@@H]7CO)O[C@@H]6CO)O[C@@H]5CO)O[C@@H]4CO)O[C@@H]3CO. The summed E-state index contributed by atoms with van der Waals surface area (Å²) in [5, 5.41) is 222. The van der Waals surface area contributed by atoms with Crippen LogP contribution in [0.4, 0.5) is 0 Å². The van der Waals surface area contributed by atoms with Gasteiger partial charge in [0.15, 0.2) is 44.0 Å². The van der Waals surface area contributed by atoms with Crippen molar-refractivity contribution in [2.75, 3.05) is 59.4 Å². The van der Waals surface area contributed by atoms with Crippen molar-refractivity contribution >= 4 is 0 Å². The van der Waals surface area contributed by atoms with Crippen LogP contribution in [0.2, 0.25) is 0 Å². The molecule has 14 bridgehead atoms. The summed E-state index contributed by atoms with van der Waals surface area (Å²) in [6.45, 7) is -7.36. The van der Waals surface area contributed by atoms with Crippen LogP contribution in [0, 0.1) is 0 Å². The number of nitrogens with two attached hydrogens (primary N) is 1. The van der Waals surface area contributed by atoms with Gasteiger partial charge in [0.05, 0.1) is 46.2 Å². The predicted octanol–water partition coefficient (Wildman–Crippen LogP) is -14.9. The van der Waals surface area contributed by atoms with Crippen molar-refractivity contribution in [1.29, 1.82) is 0 Å². The Morgan fingerprint density at radius 1 is 0.247 bits per heavy atom. The van der Waals surface area contributed by atoms with Crippen LogP contribution in [0.25, 0.3) is 0 Å². The first-order chi connectivity index (χ1) is 38.7. The molecule has 0 aromatic heterocycles. The Morgan fingerprint density at radius 2 is 0.432 bits per heavy atom. The number of hydrogen-bond acceptors (Lipinski definition) is 36. The molecule has 0 unspecified atom stereocenters. The molecule has 36 nitrogen and oxygen atoms in total. The van der Waals surface area contributed by atoms with Crippen molar-refractivity contribution in [2.24, 2.45) is 5.73 Å². The monoisotopic (exact) mass is 1190 g/mol. The summed E-state index contributed by atoms with van der Waals surface area (Å²) in [4.78, 5) is 0. The van der Waals surface area contributed by atoms with Crippen molar-refractivity contribution in [3.05, 3.63) is 0 Å². The van der Waals surface area contributed by atoms with Gasteiger partial charge in [-0.2, -0.15) is 0 Å². The van der Waals surface area contributed by atoms with E-state index in [-0.39, 0.29) is 19.6 Å². The van der Waals surface area contributed by atoms with Crippen LogP contribution in [-0.4, -0.2) is 376 Å². The van der Waals surface area contributed by atoms with E-state index in [1.165, 1.54) is 0 Å². The van der Waals surface area contributed by atoms with E-state index in [1.54, 1.807) is 0 Å². The van der Waals surface area contributed by atoms with Crippen LogP contribution in [0.5, 0.6) is 0 Å². The Labute approximate surface area is 459 Å². The lowest BCUT2D eigenvalue weighted by Gasteiger charge is -2.50. The topological polar surface area (TPSA) is 569 Å². The molecule has 0 aliphatic carbocycles. The maximum absolute atomic E-state index is 11.9. The molecule has 36 heteroatoms. The molecule has 81 heavy (non-hydrogen) atoms. The van der Waals surface area contributed by atoms with Crippen molar-refractivity contribution < 1.29 is 173 Å². The van der Waals surface area contributed by atoms with Gasteiger partial charge in [0.2, 0.25) is 0 Å². The van der Waals surface area contributed by atoms with Crippen LogP contribution in [0.15, 0.2) is 0 Å². The number of hydrogen-bond donors (Lipinski definition) is 21. The van der Waals surface area contributed by atoms with Gasteiger partial charge in [-0.05, 0) is 13.0 Å². The first-order valence-corrected chi connectivity index (χ1v) is 26.3. The zero-order chi connectivity index (χ0) is 58.9. The van der Waals surface area contributed by atoms with Crippen LogP contribution in [-0.2, 0) is 71.1 Å². The zero-order valence-corrected chi connectivity index (χ0v) is 42.9. The van der Waals surface area contributed by atoms with Crippen LogP contribution >= 0.6 is 0 Å². The fourth-order valence-corrected chi connectivity index (χ4v) is 10.9. The third-order valence-corrected chi connectivity index (χ3v) is 15.4. The van der Waals surface area contributed by atoms with Gasteiger partial charge in [-0.1, -0.05) is 0 Å². The zero-order valence-electron chi connectivity index (χ0n) is 42.9. The van der Waals surface area contributed by atoms with Crippen molar-refractivity contribution in [3.63, 3.8) is 0 Å². The second-order valence-corrected chi connectivity index (χ2v) is 20.6. The summed E-state index contributed by atoms with van der Waals surface area (Å²) in [7, 11) is 0. The van der Waals surface area contributed by atoms with Gasteiger partial charge in [0.1, 0.15) is 171 Å². The number of aliphatic hydroxyl groups excluding tert-OH is 20. The van der Waals surface area contributed by atoms with E-state index in [0.29, 0.717) is 0 Å². The minimum Gasteiger partial charge on any atom is -0.394 e. The van der Waals surface area contributed by atoms with E-state index in [1.807, 2.05) is 0 Å². The van der Waals surface area contributed by atoms with E-state index >= 15 is 0 Å². The lowest BCUT2D eigenvalue weighted by Crippen LogP contribution is -2.68. The summed E-state index contributed by atoms with van der Waals surface area (Å²) in [6.07, 6.45) is -68.7. The van der Waals surface area contributed by atoms with E-state index < -0.39 is 261 Å². The largest absolute Gasteiger partial charge is 0.394 e. The normalized spacial score (nSPS) is 53.2. The van der Waals surface area contributed by atoms with Crippen molar-refractivity contribution in [1.82, 2.24) is 0 Å². The summed E-state index contributed by atoms with van der Waals surface area (Å²) in [5.41, 5.74) is 5.67. The summed E-state index contributed by atoms with van der Waals surface area (Å²) < 4.78 is 86.8. The fourth-order valence-electron chi connectivity index (χ4n) is 10.9. The van der Waals surface area contributed by atoms with Gasteiger partial charge in [0, 0.05) is 6.61 Å². The Balaban J connectivity index is 1.10. The number of ether oxygens (including phenoxy) is 15. The lowest BCUT2D eigenvalue weighted by atomic mass is 9.95. The third kappa shape index (κ3) is 13.4. The van der Waals surface area contributed by atoms with E-state index in [0.717, 1.165) is 0 Å². The first kappa shape index (κ1) is 65.5. The average molecular weight is 1190 g/mol. The molecule has 0 aromatic rings. The van der Waals surface area contributed by atoms with Crippen LogP contribution in [0.3, 0.4) is 0 Å². The first-order valence-electron chi connectivity index (χ1n) is 26.3. The molecule has 0 amide bonds. The highest BCUT2D eigenvalue weighted by atomic mass is 16.8. The Kier molecular flexibility index (Phi) is 23.1. The quantitative estimate of drug-likeness (QED) is 0.0854. The predicted molar refractivity (Wildman–Crippen MR) is 246 cm³/mol. The second-order valence-electron chi connectivity index (χ2n) is 20.6. The molecule has 472 valence electrons. The van der Waals surface area contributed by atoms with Gasteiger partial charge >= 0.3 is 0 Å². The maximum atomic E-state index is 11.9. The van der Waals surface area contributed by atoms with Crippen molar-refractivity contribution in [3.8, 4) is 0 Å². The molecule has 0 radical (unpaired) electrons. The molecule has 22 N–H and O–H groups in total. The molecule has 15 fully saturated rings. The molecule has 35 atom stereocenters. The minimum absolute atomic E-state index is 0.0643. The lowest BCUT2D eigenvalue weighted by molar-refractivity contribution is -0.398. The standard InChI is InChI=1S/C45H77NO35/c46-2-1-3-67-38-30(66)37-17(10-53)74-45(38)81-36-16(9-52)73-43(29(65)23(36)59)79-34-14(7-50)71-41(27(63)21(34)57)77-32-12(5-48)69-39(25(61)19(32)55)75-31-11(4-47)68-40(24(60)18(31)54)76-33-13(6-49)70-42(26(62)20(33)56)78-35-15(8-51)72-44(80-37)28(64)22(35)58/h11-45,47-66H,1-10,46H2/t11-,12-,13-,14-,15-,16-,17-,18-,19+,20-,21+,22-,23+,24-,25-,26-,27+,28-,29+,30+,31-,32-,33-,34-,35-,36-,37-,38-,39-,40-,41-,42-,43-,44-,45-/m1/s1. The maximum Gasteiger partial charge on any atom is 0.187 e. The summed E-state index contributed by atoms with van der Waals surface area (Å²) in [5.74, 6) is 0. The highest BCUT2D eigenvalue weighted by Gasteiger charge is 2.60. The van der Waals surface area contributed by atoms with Gasteiger partial charge < -0.3 is 179 Å². The van der Waals surface area contributed by atoms with Gasteiger partial charge in [-0.3, -0.25) is 0 Å². The molecular formula is C45H77NO35. The molecule has 0 aromatic carbocycles. The molecule has 0 spiro atoms. The van der Waals surface area contributed by atoms with E-state index in [9.17, 15) is 102 Å². The number of fused-ring (bicyclic) bond motifs is 7. The summed E-state index contributed by atoms with van der Waals surface area (Å²) >= 11 is 0. The highest BCUT2D eigenvalue weighted by molar-refractivity contribution is 5.02. The fraction of sp³-hybridized carbons (Fsp3) is 1.00. The molecule has 15 rings (SSSR count). The van der Waals surface area contributed by atoms with Crippen LogP contribution in [0.1, 0.15) is 6.42 Å². The van der Waals surface area contributed by atoms with Gasteiger partial charge in [-0.15, -0.1) is 0 Å². The molecular weight excluding hydrogens is 1110 g/mol. The van der Waals surface area contributed by atoms with Crippen molar-refractivity contribution in [2.45, 2.75) is 221 Å². The average Bonchev–Trinajstić information content (AvgIpc) is 3.59. The highest BCUT2D eigenvalue weighted by Crippen LogP contribution is 2.39. The Bertz CT molecular complexity index is 1900. The van der Waals surface area contributed by atoms with E-state index in [2.05, 4.69) is 0 Å². The number of aliphatic hydroxyl groups is 20. The second kappa shape index (κ2) is 28.6. The van der Waals surface area contributed by atoms with Crippen LogP contribution < -0.4 is 5.73 Å². The van der Waals surface area contributed by atoms with Gasteiger partial charge in [0.25, 0.3) is 0 Å². The summed E-state index contributed by atoms with van der Waals surface area (Å²) in [6, 6.07) is 0. The van der Waals surface area contributed by atoms with Gasteiger partial charge in [-0.25, -0.2) is 0 Å². The molecule has 0 saturated carbocycles. The molecule has 15 aliphatic rings. The Morgan fingerprint density at radius 3 is 0.630 bits per heavy atom. The third-order valence-electron chi connectivity index (χ3n) is 15.4. The molecule has 15 heterocycles. The number of rotatable bonds is 11. The molecule has 15 saturated heterocycles. The minimum atomic E-state index is -2.21.